The fraction of sp³-hybridized carbons (Fsp3) is 0.474. The summed E-state index contributed by atoms with van der Waals surface area (Å²) in [6, 6.07) is 5.50. The van der Waals surface area contributed by atoms with E-state index in [4.69, 9.17) is 18.6 Å². The van der Waals surface area contributed by atoms with Crippen LogP contribution in [0.4, 0.5) is 15.2 Å². The Hall–Kier alpha value is -2.81. The SMILES string of the molecule is COCCNc1nc2ccc(OC/C(=C\F)CNC(=O)OC(C)(C)C)cc2o1. The number of halogens is 1. The van der Waals surface area contributed by atoms with Crippen molar-refractivity contribution >= 4 is 23.2 Å². The largest absolute Gasteiger partial charge is 0.489 e. The Morgan fingerprint density at radius 3 is 2.82 bits per heavy atom. The molecule has 1 heterocycles. The van der Waals surface area contributed by atoms with Crippen molar-refractivity contribution in [3.8, 4) is 5.75 Å². The number of alkyl carbamates (subject to hydrolysis) is 1. The fourth-order valence-corrected chi connectivity index (χ4v) is 2.13. The summed E-state index contributed by atoms with van der Waals surface area (Å²) in [7, 11) is 1.61. The van der Waals surface area contributed by atoms with Crippen molar-refractivity contribution in [1.82, 2.24) is 10.3 Å². The molecule has 154 valence electrons. The third-order valence-electron chi connectivity index (χ3n) is 3.38. The van der Waals surface area contributed by atoms with Gasteiger partial charge in [-0.2, -0.15) is 4.98 Å². The van der Waals surface area contributed by atoms with Crippen molar-refractivity contribution in [3.63, 3.8) is 0 Å². The predicted molar refractivity (Wildman–Crippen MR) is 103 cm³/mol. The first kappa shape index (κ1) is 21.5. The maximum atomic E-state index is 13.1. The Kier molecular flexibility index (Phi) is 7.62. The summed E-state index contributed by atoms with van der Waals surface area (Å²) in [6.45, 7) is 6.29. The molecule has 0 aliphatic heterocycles. The minimum Gasteiger partial charge on any atom is -0.489 e. The van der Waals surface area contributed by atoms with Crippen molar-refractivity contribution < 1.29 is 27.8 Å². The lowest BCUT2D eigenvalue weighted by atomic mass is 10.2. The van der Waals surface area contributed by atoms with Gasteiger partial charge >= 0.3 is 6.09 Å². The van der Waals surface area contributed by atoms with Gasteiger partial charge in [-0.15, -0.1) is 0 Å². The highest BCUT2D eigenvalue weighted by atomic mass is 19.1. The van der Waals surface area contributed by atoms with Crippen LogP contribution in [0.1, 0.15) is 20.8 Å². The molecule has 28 heavy (non-hydrogen) atoms. The molecule has 0 fully saturated rings. The lowest BCUT2D eigenvalue weighted by Gasteiger charge is -2.20. The second-order valence-corrected chi connectivity index (χ2v) is 6.98. The first-order valence-electron chi connectivity index (χ1n) is 8.82. The topological polar surface area (TPSA) is 94.8 Å². The summed E-state index contributed by atoms with van der Waals surface area (Å²) >= 11 is 0. The lowest BCUT2D eigenvalue weighted by molar-refractivity contribution is 0.0531. The van der Waals surface area contributed by atoms with Gasteiger partial charge in [0, 0.05) is 31.8 Å². The van der Waals surface area contributed by atoms with E-state index in [-0.39, 0.29) is 18.7 Å². The molecule has 0 aliphatic rings. The van der Waals surface area contributed by atoms with Crippen molar-refractivity contribution in [2.75, 3.05) is 38.7 Å². The second kappa shape index (κ2) is 9.93. The molecular formula is C19H26FN3O5. The molecule has 0 spiro atoms. The van der Waals surface area contributed by atoms with Crippen molar-refractivity contribution in [3.05, 3.63) is 30.1 Å². The number of oxazole rings is 1. The maximum Gasteiger partial charge on any atom is 0.407 e. The maximum absolute atomic E-state index is 13.1. The van der Waals surface area contributed by atoms with Gasteiger partial charge in [0.1, 0.15) is 23.5 Å². The Labute approximate surface area is 163 Å². The van der Waals surface area contributed by atoms with Crippen LogP contribution in [0.15, 0.2) is 34.5 Å². The van der Waals surface area contributed by atoms with Gasteiger partial charge in [-0.1, -0.05) is 0 Å². The predicted octanol–water partition coefficient (Wildman–Crippen LogP) is 3.64. The number of fused-ring (bicyclic) bond motifs is 1. The Bertz CT molecular complexity index is 813. The van der Waals surface area contributed by atoms with E-state index >= 15 is 0 Å². The van der Waals surface area contributed by atoms with E-state index in [0.717, 1.165) is 0 Å². The molecule has 0 aliphatic carbocycles. The molecule has 1 aromatic carbocycles. The molecule has 0 bridgehead atoms. The van der Waals surface area contributed by atoms with E-state index < -0.39 is 11.7 Å². The number of methoxy groups -OCH3 is 1. The quantitative estimate of drug-likeness (QED) is 0.626. The zero-order chi connectivity index (χ0) is 20.6. The van der Waals surface area contributed by atoms with Crippen molar-refractivity contribution in [2.45, 2.75) is 26.4 Å². The molecular weight excluding hydrogens is 369 g/mol. The summed E-state index contributed by atoms with van der Waals surface area (Å²) in [5.41, 5.74) is 0.838. The molecule has 0 atom stereocenters. The van der Waals surface area contributed by atoms with Gasteiger partial charge in [0.25, 0.3) is 6.01 Å². The number of hydrogen-bond acceptors (Lipinski definition) is 7. The van der Waals surface area contributed by atoms with E-state index in [1.165, 1.54) is 0 Å². The average Bonchev–Trinajstić information content (AvgIpc) is 3.02. The normalized spacial score (nSPS) is 12.1. The minimum absolute atomic E-state index is 0.0243. The van der Waals surface area contributed by atoms with Crippen LogP contribution in [0.5, 0.6) is 5.75 Å². The zero-order valence-electron chi connectivity index (χ0n) is 16.5. The summed E-state index contributed by atoms with van der Waals surface area (Å²) in [6.07, 6.45) is -0.217. The van der Waals surface area contributed by atoms with E-state index in [2.05, 4.69) is 15.6 Å². The Morgan fingerprint density at radius 2 is 2.14 bits per heavy atom. The summed E-state index contributed by atoms with van der Waals surface area (Å²) in [5.74, 6) is 0.490. The summed E-state index contributed by atoms with van der Waals surface area (Å²) in [4.78, 5) is 15.9. The minimum atomic E-state index is -0.622. The summed E-state index contributed by atoms with van der Waals surface area (Å²) < 4.78 is 34.3. The van der Waals surface area contributed by atoms with Gasteiger partial charge in [0.15, 0.2) is 5.58 Å². The highest BCUT2D eigenvalue weighted by molar-refractivity contribution is 5.76. The Morgan fingerprint density at radius 1 is 1.36 bits per heavy atom. The van der Waals surface area contributed by atoms with Crippen LogP contribution in [0.2, 0.25) is 0 Å². The van der Waals surface area contributed by atoms with Gasteiger partial charge in [-0.3, -0.25) is 0 Å². The monoisotopic (exact) mass is 395 g/mol. The molecule has 2 N–H and O–H groups in total. The highest BCUT2D eigenvalue weighted by Crippen LogP contribution is 2.24. The number of ether oxygens (including phenoxy) is 3. The standard InChI is InChI=1S/C19H26FN3O5/c1-19(2,3)28-18(24)22-11-13(10-20)12-26-14-5-6-15-16(9-14)27-17(23-15)21-7-8-25-4/h5-6,9-10H,7-8,11-12H2,1-4H3,(H,21,23)(H,22,24)/b13-10-. The van der Waals surface area contributed by atoms with Gasteiger partial charge in [0.2, 0.25) is 0 Å². The highest BCUT2D eigenvalue weighted by Gasteiger charge is 2.16. The van der Waals surface area contributed by atoms with Crippen LogP contribution in [-0.2, 0) is 9.47 Å². The molecule has 0 radical (unpaired) electrons. The van der Waals surface area contributed by atoms with Crippen LogP contribution in [0.25, 0.3) is 11.1 Å². The molecule has 8 nitrogen and oxygen atoms in total. The number of nitrogens with one attached hydrogen (secondary N) is 2. The van der Waals surface area contributed by atoms with Crippen LogP contribution in [0, 0.1) is 0 Å². The number of amides is 1. The van der Waals surface area contributed by atoms with Gasteiger partial charge in [-0.25, -0.2) is 9.18 Å². The number of aromatic nitrogens is 1. The number of anilines is 1. The van der Waals surface area contributed by atoms with Crippen LogP contribution >= 0.6 is 0 Å². The van der Waals surface area contributed by atoms with E-state index in [1.807, 2.05) is 0 Å². The summed E-state index contributed by atoms with van der Waals surface area (Å²) in [5, 5.41) is 5.49. The fourth-order valence-electron chi connectivity index (χ4n) is 2.13. The third kappa shape index (κ3) is 7.07. The van der Waals surface area contributed by atoms with Crippen LogP contribution < -0.4 is 15.4 Å². The number of benzene rings is 1. The molecule has 9 heteroatoms. The molecule has 0 saturated heterocycles. The second-order valence-electron chi connectivity index (χ2n) is 6.98. The van der Waals surface area contributed by atoms with E-state index in [1.54, 1.807) is 46.1 Å². The van der Waals surface area contributed by atoms with Gasteiger partial charge in [-0.05, 0) is 32.9 Å². The van der Waals surface area contributed by atoms with Crippen LogP contribution in [-0.4, -0.2) is 50.1 Å². The number of hydrogen-bond donors (Lipinski definition) is 2. The molecule has 2 rings (SSSR count). The third-order valence-corrected chi connectivity index (χ3v) is 3.38. The van der Waals surface area contributed by atoms with Gasteiger partial charge in [0.05, 0.1) is 12.9 Å². The molecule has 1 aromatic heterocycles. The first-order chi connectivity index (χ1) is 13.3. The van der Waals surface area contributed by atoms with E-state index in [9.17, 15) is 9.18 Å². The lowest BCUT2D eigenvalue weighted by Crippen LogP contribution is -2.34. The zero-order valence-corrected chi connectivity index (χ0v) is 16.5. The molecule has 2 aromatic rings. The van der Waals surface area contributed by atoms with Crippen molar-refractivity contribution in [1.29, 1.82) is 0 Å². The first-order valence-corrected chi connectivity index (χ1v) is 8.82. The van der Waals surface area contributed by atoms with Crippen molar-refractivity contribution in [2.24, 2.45) is 0 Å². The van der Waals surface area contributed by atoms with E-state index in [0.29, 0.717) is 42.3 Å². The number of rotatable bonds is 9. The van der Waals surface area contributed by atoms with Crippen LogP contribution in [0.3, 0.4) is 0 Å². The Balaban J connectivity index is 1.88. The smallest absolute Gasteiger partial charge is 0.407 e. The number of carbonyl (C=O) groups is 1. The molecule has 0 unspecified atom stereocenters. The van der Waals surface area contributed by atoms with Gasteiger partial charge < -0.3 is 29.3 Å². The number of carbonyl (C=O) groups excluding carboxylic acids is 1. The number of nitrogens with zero attached hydrogens (tertiary/aromatic N) is 1. The molecule has 0 saturated carbocycles. The average molecular weight is 395 g/mol. The molecule has 1 amide bonds.